The third-order valence-electron chi connectivity index (χ3n) is 4.90. The van der Waals surface area contributed by atoms with E-state index in [1.165, 1.54) is 0 Å². The number of ether oxygens (including phenoxy) is 2. The number of nitrogens with one attached hydrogen (secondary N) is 1. The molecule has 0 saturated carbocycles. The van der Waals surface area contributed by atoms with Crippen LogP contribution in [0.25, 0.3) is 0 Å². The number of benzene rings is 1. The van der Waals surface area contributed by atoms with Gasteiger partial charge in [0.2, 0.25) is 0 Å². The molecule has 0 atom stereocenters. The van der Waals surface area contributed by atoms with E-state index in [2.05, 4.69) is 17.3 Å². The average molecular weight is 363 g/mol. The van der Waals surface area contributed by atoms with Gasteiger partial charge in [-0.05, 0) is 57.1 Å². The van der Waals surface area contributed by atoms with E-state index in [0.717, 1.165) is 31.5 Å². The van der Waals surface area contributed by atoms with Gasteiger partial charge in [0, 0.05) is 19.6 Å². The highest BCUT2D eigenvalue weighted by Gasteiger charge is 2.27. The number of amides is 2. The Balaban J connectivity index is 1.81. The Morgan fingerprint density at radius 2 is 1.85 bits per heavy atom. The number of piperidine rings is 1. The monoisotopic (exact) mass is 363 g/mol. The van der Waals surface area contributed by atoms with Gasteiger partial charge in [0.05, 0.1) is 14.2 Å². The first-order valence-electron chi connectivity index (χ1n) is 8.90. The second-order valence-electron chi connectivity index (χ2n) is 6.65. The molecule has 0 bridgehead atoms. The van der Waals surface area contributed by atoms with Gasteiger partial charge in [-0.2, -0.15) is 0 Å². The standard InChI is InChI=1S/C19H29N3O4/c1-21-11-8-15(9-12-21)22(2)19(24)18(23)20-10-7-14-5-6-16(25-3)17(13-14)26-4/h5-6,13,15H,7-12H2,1-4H3,(H,20,23). The molecule has 1 aromatic rings. The maximum absolute atomic E-state index is 12.3. The van der Waals surface area contributed by atoms with Gasteiger partial charge in [-0.3, -0.25) is 9.59 Å². The minimum Gasteiger partial charge on any atom is -0.493 e. The number of rotatable bonds is 6. The second-order valence-corrected chi connectivity index (χ2v) is 6.65. The molecule has 26 heavy (non-hydrogen) atoms. The zero-order valence-electron chi connectivity index (χ0n) is 16.1. The number of hydrogen-bond acceptors (Lipinski definition) is 5. The van der Waals surface area contributed by atoms with E-state index >= 15 is 0 Å². The Morgan fingerprint density at radius 3 is 2.46 bits per heavy atom. The molecule has 1 N–H and O–H groups in total. The maximum atomic E-state index is 12.3. The highest BCUT2D eigenvalue weighted by Crippen LogP contribution is 2.27. The van der Waals surface area contributed by atoms with Crippen LogP contribution in [0.3, 0.4) is 0 Å². The van der Waals surface area contributed by atoms with Crippen molar-refractivity contribution in [3.05, 3.63) is 23.8 Å². The van der Waals surface area contributed by atoms with Gasteiger partial charge in [-0.1, -0.05) is 6.07 Å². The highest BCUT2D eigenvalue weighted by molar-refractivity contribution is 6.35. The van der Waals surface area contributed by atoms with Crippen LogP contribution in [-0.2, 0) is 16.0 Å². The molecule has 2 rings (SSSR count). The summed E-state index contributed by atoms with van der Waals surface area (Å²) in [4.78, 5) is 28.3. The van der Waals surface area contributed by atoms with Crippen LogP contribution in [0.4, 0.5) is 0 Å². The highest BCUT2D eigenvalue weighted by atomic mass is 16.5. The molecule has 1 aliphatic rings. The smallest absolute Gasteiger partial charge is 0.311 e. The largest absolute Gasteiger partial charge is 0.493 e. The molecule has 1 saturated heterocycles. The van der Waals surface area contributed by atoms with Gasteiger partial charge in [0.15, 0.2) is 11.5 Å². The Kier molecular flexibility index (Phi) is 7.26. The van der Waals surface area contributed by atoms with E-state index in [9.17, 15) is 9.59 Å². The van der Waals surface area contributed by atoms with Crippen molar-refractivity contribution >= 4 is 11.8 Å². The van der Waals surface area contributed by atoms with Gasteiger partial charge >= 0.3 is 11.8 Å². The molecule has 0 spiro atoms. The first kappa shape index (κ1) is 20.0. The maximum Gasteiger partial charge on any atom is 0.311 e. The van der Waals surface area contributed by atoms with Crippen molar-refractivity contribution in [2.45, 2.75) is 25.3 Å². The summed E-state index contributed by atoms with van der Waals surface area (Å²) in [5, 5.41) is 2.71. The summed E-state index contributed by atoms with van der Waals surface area (Å²) in [6.45, 7) is 2.29. The van der Waals surface area contributed by atoms with Gasteiger partial charge in [-0.25, -0.2) is 0 Å². The number of carbonyl (C=O) groups is 2. The van der Waals surface area contributed by atoms with E-state index in [1.54, 1.807) is 26.2 Å². The van der Waals surface area contributed by atoms with E-state index in [4.69, 9.17) is 9.47 Å². The van der Waals surface area contributed by atoms with Gasteiger partial charge in [0.25, 0.3) is 0 Å². The van der Waals surface area contributed by atoms with E-state index in [1.807, 2.05) is 18.2 Å². The normalized spacial score (nSPS) is 15.4. The zero-order valence-corrected chi connectivity index (χ0v) is 16.1. The molecule has 1 heterocycles. The Labute approximate surface area is 155 Å². The number of methoxy groups -OCH3 is 2. The van der Waals surface area contributed by atoms with Crippen molar-refractivity contribution in [1.82, 2.24) is 15.1 Å². The van der Waals surface area contributed by atoms with Crippen molar-refractivity contribution in [2.75, 3.05) is 47.9 Å². The lowest BCUT2D eigenvalue weighted by atomic mass is 10.0. The Bertz CT molecular complexity index is 627. The molecule has 0 unspecified atom stereocenters. The van der Waals surface area contributed by atoms with Gasteiger partial charge in [-0.15, -0.1) is 0 Å². The number of nitrogens with zero attached hydrogens (tertiary/aromatic N) is 2. The number of likely N-dealkylation sites (tertiary alicyclic amines) is 1. The Morgan fingerprint density at radius 1 is 1.19 bits per heavy atom. The van der Waals surface area contributed by atoms with E-state index < -0.39 is 11.8 Å². The molecule has 1 fully saturated rings. The molecule has 2 amide bonds. The molecule has 0 aromatic heterocycles. The van der Waals surface area contributed by atoms with Crippen molar-refractivity contribution in [3.8, 4) is 11.5 Å². The SMILES string of the molecule is COc1ccc(CCNC(=O)C(=O)N(C)C2CCN(C)CC2)cc1OC. The van der Waals surface area contributed by atoms with Crippen LogP contribution in [0, 0.1) is 0 Å². The number of carbonyl (C=O) groups excluding carboxylic acids is 2. The summed E-state index contributed by atoms with van der Waals surface area (Å²) in [5.41, 5.74) is 0.999. The summed E-state index contributed by atoms with van der Waals surface area (Å²) in [5.74, 6) is 0.295. The van der Waals surface area contributed by atoms with Crippen LogP contribution >= 0.6 is 0 Å². The minimum absolute atomic E-state index is 0.135. The molecule has 144 valence electrons. The van der Waals surface area contributed by atoms with E-state index in [0.29, 0.717) is 24.5 Å². The summed E-state index contributed by atoms with van der Waals surface area (Å²) < 4.78 is 10.5. The lowest BCUT2D eigenvalue weighted by molar-refractivity contribution is -0.146. The molecule has 7 nitrogen and oxygen atoms in total. The Hall–Kier alpha value is -2.28. The van der Waals surface area contributed by atoms with Crippen LogP contribution in [0.1, 0.15) is 18.4 Å². The molecule has 1 aromatic carbocycles. The second kappa shape index (κ2) is 9.43. The molecular formula is C19H29N3O4. The fourth-order valence-corrected chi connectivity index (χ4v) is 3.14. The van der Waals surface area contributed by atoms with Crippen LogP contribution in [-0.4, -0.2) is 75.6 Å². The summed E-state index contributed by atoms with van der Waals surface area (Å²) in [6.07, 6.45) is 2.41. The number of likely N-dealkylation sites (N-methyl/N-ethyl adjacent to an activating group) is 1. The summed E-state index contributed by atoms with van der Waals surface area (Å²) in [7, 11) is 6.95. The van der Waals surface area contributed by atoms with Crippen molar-refractivity contribution in [3.63, 3.8) is 0 Å². The fraction of sp³-hybridized carbons (Fsp3) is 0.579. The van der Waals surface area contributed by atoms with Crippen LogP contribution in [0.15, 0.2) is 18.2 Å². The first-order chi connectivity index (χ1) is 12.5. The summed E-state index contributed by atoms with van der Waals surface area (Å²) in [6, 6.07) is 5.75. The van der Waals surface area contributed by atoms with Gasteiger partial charge < -0.3 is 24.6 Å². The van der Waals surface area contributed by atoms with Crippen molar-refractivity contribution in [1.29, 1.82) is 0 Å². The third kappa shape index (κ3) is 5.11. The van der Waals surface area contributed by atoms with Crippen LogP contribution < -0.4 is 14.8 Å². The zero-order chi connectivity index (χ0) is 19.1. The molecule has 0 radical (unpaired) electrons. The van der Waals surface area contributed by atoms with Crippen LogP contribution in [0.2, 0.25) is 0 Å². The predicted molar refractivity (Wildman–Crippen MR) is 99.5 cm³/mol. The van der Waals surface area contributed by atoms with E-state index in [-0.39, 0.29) is 6.04 Å². The lowest BCUT2D eigenvalue weighted by Gasteiger charge is -2.34. The van der Waals surface area contributed by atoms with Crippen molar-refractivity contribution in [2.24, 2.45) is 0 Å². The predicted octanol–water partition coefficient (Wildman–Crippen LogP) is 0.915. The van der Waals surface area contributed by atoms with Gasteiger partial charge in [0.1, 0.15) is 0 Å². The molecular weight excluding hydrogens is 334 g/mol. The van der Waals surface area contributed by atoms with Crippen molar-refractivity contribution < 1.29 is 19.1 Å². The topological polar surface area (TPSA) is 71.1 Å². The quantitative estimate of drug-likeness (QED) is 0.761. The first-order valence-corrected chi connectivity index (χ1v) is 8.90. The lowest BCUT2D eigenvalue weighted by Crippen LogP contribution is -2.49. The third-order valence-corrected chi connectivity index (χ3v) is 4.90. The fourth-order valence-electron chi connectivity index (χ4n) is 3.14. The molecule has 1 aliphatic heterocycles. The summed E-state index contributed by atoms with van der Waals surface area (Å²) >= 11 is 0. The number of hydrogen-bond donors (Lipinski definition) is 1. The molecule has 0 aliphatic carbocycles. The van der Waals surface area contributed by atoms with Crippen LogP contribution in [0.5, 0.6) is 11.5 Å². The average Bonchev–Trinajstić information content (AvgIpc) is 2.67. The molecule has 7 heteroatoms. The minimum atomic E-state index is -0.549.